The molecule has 2 aromatic carbocycles. The minimum atomic E-state index is -1.12. The number of nitrogens with one attached hydrogen (secondary N) is 2. The minimum absolute atomic E-state index is 0.218. The topological polar surface area (TPSA) is 98.0 Å². The molecule has 9 heteroatoms. The number of amides is 4. The van der Waals surface area contributed by atoms with Crippen LogP contribution in [0.3, 0.4) is 0 Å². The Morgan fingerprint density at radius 3 is 2.73 bits per heavy atom. The van der Waals surface area contributed by atoms with Gasteiger partial charge in [-0.1, -0.05) is 24.3 Å². The Kier molecular flexibility index (Phi) is 5.97. The summed E-state index contributed by atoms with van der Waals surface area (Å²) in [6, 6.07) is 14.4. The van der Waals surface area contributed by atoms with Crippen molar-refractivity contribution in [2.45, 2.75) is 25.3 Å². The Morgan fingerprint density at radius 2 is 1.89 bits per heavy atom. The molecule has 3 aliphatic rings. The van der Waals surface area contributed by atoms with Gasteiger partial charge in [0, 0.05) is 42.6 Å². The molecule has 0 unspecified atom stereocenters. The molecular weight excluding hydrogens is 470 g/mol. The highest BCUT2D eigenvalue weighted by Gasteiger charge is 2.59. The predicted octanol–water partition coefficient (Wildman–Crippen LogP) is 2.86. The summed E-state index contributed by atoms with van der Waals surface area (Å²) in [6.07, 6.45) is 1.52. The first-order chi connectivity index (χ1) is 18.0. The van der Waals surface area contributed by atoms with Crippen LogP contribution in [0.4, 0.5) is 10.5 Å². The third kappa shape index (κ3) is 3.89. The van der Waals surface area contributed by atoms with E-state index in [4.69, 9.17) is 4.74 Å². The van der Waals surface area contributed by atoms with Gasteiger partial charge in [-0.3, -0.25) is 14.5 Å². The molecular formula is C28H31N5O4. The number of urea groups is 1. The number of para-hydroxylation sites is 1. The highest BCUT2D eigenvalue weighted by Crippen LogP contribution is 2.45. The number of carbonyl (C=O) groups excluding carboxylic acids is 3. The number of ether oxygens (including phenoxy) is 1. The highest BCUT2D eigenvalue weighted by atomic mass is 16.5. The zero-order chi connectivity index (χ0) is 25.6. The van der Waals surface area contributed by atoms with Crippen molar-refractivity contribution >= 4 is 34.4 Å². The van der Waals surface area contributed by atoms with Gasteiger partial charge < -0.3 is 19.9 Å². The van der Waals surface area contributed by atoms with Crippen LogP contribution in [0.2, 0.25) is 0 Å². The largest absolute Gasteiger partial charge is 0.379 e. The maximum absolute atomic E-state index is 13.9. The molecule has 9 nitrogen and oxygen atoms in total. The molecule has 2 saturated heterocycles. The number of carbonyl (C=O) groups is 3. The molecule has 3 aromatic rings. The number of imide groups is 1. The Bertz CT molecular complexity index is 1380. The summed E-state index contributed by atoms with van der Waals surface area (Å²) >= 11 is 0. The molecule has 192 valence electrons. The van der Waals surface area contributed by atoms with Gasteiger partial charge in [0.25, 0.3) is 11.8 Å². The van der Waals surface area contributed by atoms with E-state index in [1.54, 1.807) is 29.2 Å². The van der Waals surface area contributed by atoms with Crippen molar-refractivity contribution in [1.82, 2.24) is 20.1 Å². The van der Waals surface area contributed by atoms with Gasteiger partial charge in [0.2, 0.25) is 0 Å². The molecule has 0 bridgehead atoms. The molecule has 2 fully saturated rings. The van der Waals surface area contributed by atoms with Crippen molar-refractivity contribution in [3.8, 4) is 0 Å². The summed E-state index contributed by atoms with van der Waals surface area (Å²) in [4.78, 5) is 48.9. The smallest absolute Gasteiger partial charge is 0.332 e. The fraction of sp³-hybridized carbons (Fsp3) is 0.393. The number of benzene rings is 2. The standard InChI is InChI=1S/C28H31N5O4/c1-28-24-22(21-8-2-3-9-23(21)30-24)10-13-32(28)27(36)33(26(28)35)20-7-4-6-19(18-20)25(34)29-11-5-12-31-14-16-37-17-15-31/h2-4,6-9,18,30H,5,10-17H2,1H3,(H,29,34)/t28-/m0/s1. The molecule has 37 heavy (non-hydrogen) atoms. The first kappa shape index (κ1) is 23.7. The predicted molar refractivity (Wildman–Crippen MR) is 140 cm³/mol. The first-order valence-electron chi connectivity index (χ1n) is 12.9. The average Bonchev–Trinajstić information content (AvgIpc) is 3.40. The summed E-state index contributed by atoms with van der Waals surface area (Å²) in [5, 5.41) is 4.05. The lowest BCUT2D eigenvalue weighted by Gasteiger charge is -2.35. The summed E-state index contributed by atoms with van der Waals surface area (Å²) in [7, 11) is 0. The third-order valence-corrected chi connectivity index (χ3v) is 7.87. The molecule has 1 atom stereocenters. The van der Waals surface area contributed by atoms with Gasteiger partial charge in [0.05, 0.1) is 24.6 Å². The maximum atomic E-state index is 13.9. The maximum Gasteiger partial charge on any atom is 0.332 e. The molecule has 3 aliphatic heterocycles. The number of hydrogen-bond acceptors (Lipinski definition) is 5. The lowest BCUT2D eigenvalue weighted by Crippen LogP contribution is -2.49. The van der Waals surface area contributed by atoms with E-state index in [2.05, 4.69) is 15.2 Å². The van der Waals surface area contributed by atoms with E-state index in [0.29, 0.717) is 30.8 Å². The van der Waals surface area contributed by atoms with E-state index in [1.807, 2.05) is 31.2 Å². The molecule has 1 aromatic heterocycles. The van der Waals surface area contributed by atoms with E-state index in [1.165, 1.54) is 4.90 Å². The lowest BCUT2D eigenvalue weighted by atomic mass is 9.87. The molecule has 6 rings (SSSR count). The van der Waals surface area contributed by atoms with Gasteiger partial charge in [0.1, 0.15) is 0 Å². The molecule has 0 radical (unpaired) electrons. The number of morpholine rings is 1. The van der Waals surface area contributed by atoms with Gasteiger partial charge in [-0.2, -0.15) is 0 Å². The van der Waals surface area contributed by atoms with Crippen molar-refractivity contribution in [2.24, 2.45) is 0 Å². The second kappa shape index (κ2) is 9.32. The van der Waals surface area contributed by atoms with Crippen LogP contribution in [0.15, 0.2) is 48.5 Å². The average molecular weight is 502 g/mol. The van der Waals surface area contributed by atoms with Crippen LogP contribution in [-0.2, 0) is 21.5 Å². The van der Waals surface area contributed by atoms with Gasteiger partial charge in [0.15, 0.2) is 5.54 Å². The lowest BCUT2D eigenvalue weighted by molar-refractivity contribution is -0.125. The first-order valence-corrected chi connectivity index (χ1v) is 12.9. The van der Waals surface area contributed by atoms with Crippen LogP contribution in [0.25, 0.3) is 10.9 Å². The van der Waals surface area contributed by atoms with Crippen LogP contribution < -0.4 is 10.2 Å². The third-order valence-electron chi connectivity index (χ3n) is 7.87. The number of fused-ring (bicyclic) bond motifs is 5. The summed E-state index contributed by atoms with van der Waals surface area (Å²) in [6.45, 7) is 7.08. The van der Waals surface area contributed by atoms with Crippen molar-refractivity contribution in [1.29, 1.82) is 0 Å². The summed E-state index contributed by atoms with van der Waals surface area (Å²) in [5.41, 5.74) is 2.52. The molecule has 0 saturated carbocycles. The van der Waals surface area contributed by atoms with Gasteiger partial charge in [-0.15, -0.1) is 0 Å². The Hall–Kier alpha value is -3.69. The summed E-state index contributed by atoms with van der Waals surface area (Å²) in [5.74, 6) is -0.530. The second-order valence-electron chi connectivity index (χ2n) is 10.0. The molecule has 4 heterocycles. The van der Waals surface area contributed by atoms with Gasteiger partial charge in [-0.25, -0.2) is 9.69 Å². The fourth-order valence-corrected chi connectivity index (χ4v) is 5.84. The van der Waals surface area contributed by atoms with Crippen molar-refractivity contribution in [3.05, 3.63) is 65.4 Å². The number of hydrogen-bond donors (Lipinski definition) is 2. The van der Waals surface area contributed by atoms with Crippen LogP contribution >= 0.6 is 0 Å². The SMILES string of the molecule is C[C@]12C(=O)N(c3cccc(C(=O)NCCCN4CCOCC4)c3)C(=O)N1CCc1c2[nH]c2ccccc12. The van der Waals surface area contributed by atoms with E-state index >= 15 is 0 Å². The van der Waals surface area contributed by atoms with Crippen LogP contribution in [-0.4, -0.2) is 78.6 Å². The van der Waals surface area contributed by atoms with E-state index in [9.17, 15) is 14.4 Å². The van der Waals surface area contributed by atoms with Gasteiger partial charge in [-0.05, 0) is 56.1 Å². The quantitative estimate of drug-likeness (QED) is 0.400. The van der Waals surface area contributed by atoms with E-state index < -0.39 is 5.54 Å². The minimum Gasteiger partial charge on any atom is -0.379 e. The molecule has 4 amide bonds. The monoisotopic (exact) mass is 501 g/mol. The zero-order valence-electron chi connectivity index (χ0n) is 21.0. The number of rotatable bonds is 6. The highest BCUT2D eigenvalue weighted by molar-refractivity contribution is 6.24. The van der Waals surface area contributed by atoms with Crippen LogP contribution in [0, 0.1) is 0 Å². The molecule has 0 aliphatic carbocycles. The molecule has 0 spiro atoms. The number of H-pyrrole nitrogens is 1. The fourth-order valence-electron chi connectivity index (χ4n) is 5.84. The van der Waals surface area contributed by atoms with E-state index in [-0.39, 0.29) is 17.8 Å². The normalized spacial score (nSPS) is 21.9. The van der Waals surface area contributed by atoms with Crippen molar-refractivity contribution in [2.75, 3.05) is 50.8 Å². The van der Waals surface area contributed by atoms with E-state index in [0.717, 1.165) is 61.4 Å². The Labute approximate surface area is 215 Å². The number of nitrogens with zero attached hydrogens (tertiary/aromatic N) is 3. The summed E-state index contributed by atoms with van der Waals surface area (Å²) < 4.78 is 5.37. The number of anilines is 1. The number of aromatic nitrogens is 1. The molecule has 2 N–H and O–H groups in total. The van der Waals surface area contributed by atoms with Crippen molar-refractivity contribution in [3.63, 3.8) is 0 Å². The Balaban J connectivity index is 1.20. The number of aromatic amines is 1. The zero-order valence-corrected chi connectivity index (χ0v) is 21.0. The van der Waals surface area contributed by atoms with Crippen molar-refractivity contribution < 1.29 is 19.1 Å². The van der Waals surface area contributed by atoms with Gasteiger partial charge >= 0.3 is 6.03 Å². The second-order valence-corrected chi connectivity index (χ2v) is 10.0. The van der Waals surface area contributed by atoms with Crippen LogP contribution in [0.5, 0.6) is 0 Å². The van der Waals surface area contributed by atoms with Crippen LogP contribution in [0.1, 0.15) is 35.0 Å². The Morgan fingerprint density at radius 1 is 1.08 bits per heavy atom.